The van der Waals surface area contributed by atoms with Gasteiger partial charge in [0.05, 0.1) is 4.47 Å². The molecule has 112 valence electrons. The predicted molar refractivity (Wildman–Crippen MR) is 92.0 cm³/mol. The number of ether oxygens (including phenoxy) is 1. The molecule has 0 atom stereocenters. The van der Waals surface area contributed by atoms with Gasteiger partial charge in [0.25, 0.3) is 0 Å². The van der Waals surface area contributed by atoms with Gasteiger partial charge in [0.15, 0.2) is 0 Å². The third-order valence-corrected chi connectivity index (χ3v) is 5.04. The Bertz CT molecular complexity index is 593. The molecule has 0 spiro atoms. The topological polar surface area (TPSA) is 21.3 Å². The molecule has 0 heterocycles. The van der Waals surface area contributed by atoms with Crippen molar-refractivity contribution in [3.63, 3.8) is 0 Å². The summed E-state index contributed by atoms with van der Waals surface area (Å²) < 4.78 is 6.98. The smallest absolute Gasteiger partial charge is 0.134 e. The van der Waals surface area contributed by atoms with Crippen LogP contribution in [0.2, 0.25) is 0 Å². The third kappa shape index (κ3) is 3.78. The fourth-order valence-electron chi connectivity index (χ4n) is 3.06. The van der Waals surface area contributed by atoms with Gasteiger partial charge in [-0.05, 0) is 45.6 Å². The van der Waals surface area contributed by atoms with Gasteiger partial charge in [-0.15, -0.1) is 0 Å². The van der Waals surface area contributed by atoms with Crippen molar-refractivity contribution in [3.8, 4) is 5.75 Å². The highest BCUT2D eigenvalue weighted by Gasteiger charge is 2.12. The summed E-state index contributed by atoms with van der Waals surface area (Å²) in [6.07, 6.45) is 6.78. The molecule has 21 heavy (non-hydrogen) atoms. The van der Waals surface area contributed by atoms with E-state index in [0.717, 1.165) is 16.8 Å². The summed E-state index contributed by atoms with van der Waals surface area (Å²) in [5, 5.41) is 6.05. The molecule has 0 bridgehead atoms. The van der Waals surface area contributed by atoms with Crippen LogP contribution in [-0.4, -0.2) is 19.2 Å². The minimum Gasteiger partial charge on any atom is -0.491 e. The summed E-state index contributed by atoms with van der Waals surface area (Å²) in [5.74, 6) is 0.930. The van der Waals surface area contributed by atoms with E-state index in [9.17, 15) is 0 Å². The van der Waals surface area contributed by atoms with E-state index in [0.29, 0.717) is 12.6 Å². The fourth-order valence-corrected chi connectivity index (χ4v) is 3.66. The van der Waals surface area contributed by atoms with Crippen LogP contribution in [0.15, 0.2) is 40.9 Å². The van der Waals surface area contributed by atoms with E-state index in [-0.39, 0.29) is 0 Å². The molecule has 0 saturated heterocycles. The van der Waals surface area contributed by atoms with Crippen LogP contribution in [0.1, 0.15) is 32.1 Å². The third-order valence-electron chi connectivity index (χ3n) is 4.23. The standard InChI is InChI=1S/C18H22BrNO/c19-18-16-9-5-4-6-14(16)10-11-17(18)21-13-12-20-15-7-2-1-3-8-15/h4-6,9-11,15,20H,1-3,7-8,12-13H2. The van der Waals surface area contributed by atoms with Crippen molar-refractivity contribution in [3.05, 3.63) is 40.9 Å². The number of hydrogen-bond donors (Lipinski definition) is 1. The second kappa shape index (κ2) is 7.28. The first kappa shape index (κ1) is 14.9. The number of halogens is 1. The molecule has 0 radical (unpaired) electrons. The zero-order valence-corrected chi connectivity index (χ0v) is 13.9. The molecule has 1 aliphatic rings. The maximum atomic E-state index is 5.93. The zero-order valence-electron chi connectivity index (χ0n) is 12.3. The van der Waals surface area contributed by atoms with E-state index < -0.39 is 0 Å². The van der Waals surface area contributed by atoms with E-state index in [4.69, 9.17) is 4.74 Å². The summed E-state index contributed by atoms with van der Waals surface area (Å²) in [6, 6.07) is 13.2. The fraction of sp³-hybridized carbons (Fsp3) is 0.444. The molecule has 2 aromatic carbocycles. The van der Waals surface area contributed by atoms with Gasteiger partial charge < -0.3 is 10.1 Å². The van der Waals surface area contributed by atoms with E-state index in [1.54, 1.807) is 0 Å². The van der Waals surface area contributed by atoms with Crippen molar-refractivity contribution in [2.75, 3.05) is 13.2 Å². The van der Waals surface area contributed by atoms with Crippen LogP contribution in [0, 0.1) is 0 Å². The Morgan fingerprint density at radius 1 is 1.05 bits per heavy atom. The summed E-state index contributed by atoms with van der Waals surface area (Å²) in [7, 11) is 0. The Morgan fingerprint density at radius 2 is 1.86 bits per heavy atom. The molecule has 1 fully saturated rings. The number of fused-ring (bicyclic) bond motifs is 1. The quantitative estimate of drug-likeness (QED) is 0.776. The highest BCUT2D eigenvalue weighted by Crippen LogP contribution is 2.32. The highest BCUT2D eigenvalue weighted by atomic mass is 79.9. The van der Waals surface area contributed by atoms with E-state index in [1.165, 1.54) is 42.9 Å². The van der Waals surface area contributed by atoms with Gasteiger partial charge in [0.1, 0.15) is 12.4 Å². The second-order valence-electron chi connectivity index (χ2n) is 5.74. The first-order valence-corrected chi connectivity index (χ1v) is 8.67. The maximum absolute atomic E-state index is 5.93. The van der Waals surface area contributed by atoms with Crippen LogP contribution in [0.25, 0.3) is 10.8 Å². The molecule has 3 heteroatoms. The summed E-state index contributed by atoms with van der Waals surface area (Å²) >= 11 is 3.67. The lowest BCUT2D eigenvalue weighted by Gasteiger charge is -2.22. The first-order valence-electron chi connectivity index (χ1n) is 7.88. The summed E-state index contributed by atoms with van der Waals surface area (Å²) in [6.45, 7) is 1.64. The summed E-state index contributed by atoms with van der Waals surface area (Å²) in [4.78, 5) is 0. The van der Waals surface area contributed by atoms with Crippen LogP contribution in [0.5, 0.6) is 5.75 Å². The number of nitrogens with one attached hydrogen (secondary N) is 1. The molecular weight excluding hydrogens is 326 g/mol. The van der Waals surface area contributed by atoms with Crippen molar-refractivity contribution >= 4 is 26.7 Å². The SMILES string of the molecule is Brc1c(OCCNC2CCCCC2)ccc2ccccc12. The van der Waals surface area contributed by atoms with Crippen molar-refractivity contribution in [1.29, 1.82) is 0 Å². The van der Waals surface area contributed by atoms with E-state index >= 15 is 0 Å². The molecule has 1 saturated carbocycles. The van der Waals surface area contributed by atoms with Crippen LogP contribution >= 0.6 is 15.9 Å². The average molecular weight is 348 g/mol. The van der Waals surface area contributed by atoms with Crippen molar-refractivity contribution in [1.82, 2.24) is 5.32 Å². The lowest BCUT2D eigenvalue weighted by Crippen LogP contribution is -2.34. The van der Waals surface area contributed by atoms with Crippen LogP contribution in [0.4, 0.5) is 0 Å². The number of benzene rings is 2. The molecule has 0 aliphatic heterocycles. The van der Waals surface area contributed by atoms with Gasteiger partial charge in [0, 0.05) is 12.6 Å². The molecule has 0 aromatic heterocycles. The molecule has 2 aromatic rings. The lowest BCUT2D eigenvalue weighted by atomic mass is 9.96. The molecule has 2 nitrogen and oxygen atoms in total. The average Bonchev–Trinajstić information content (AvgIpc) is 2.55. The normalized spacial score (nSPS) is 16.2. The van der Waals surface area contributed by atoms with E-state index in [2.05, 4.69) is 51.6 Å². The molecule has 3 rings (SSSR count). The minimum atomic E-state index is 0.697. The molecular formula is C18H22BrNO. The maximum Gasteiger partial charge on any atom is 0.134 e. The Balaban J connectivity index is 1.54. The highest BCUT2D eigenvalue weighted by molar-refractivity contribution is 9.10. The monoisotopic (exact) mass is 347 g/mol. The van der Waals surface area contributed by atoms with Crippen molar-refractivity contribution < 1.29 is 4.74 Å². The van der Waals surface area contributed by atoms with Crippen molar-refractivity contribution in [2.24, 2.45) is 0 Å². The van der Waals surface area contributed by atoms with Gasteiger partial charge in [-0.25, -0.2) is 0 Å². The molecule has 1 aliphatic carbocycles. The van der Waals surface area contributed by atoms with Gasteiger partial charge in [-0.2, -0.15) is 0 Å². The van der Waals surface area contributed by atoms with Gasteiger partial charge in [-0.1, -0.05) is 49.6 Å². The summed E-state index contributed by atoms with van der Waals surface area (Å²) in [5.41, 5.74) is 0. The number of hydrogen-bond acceptors (Lipinski definition) is 2. The second-order valence-corrected chi connectivity index (χ2v) is 6.53. The Kier molecular flexibility index (Phi) is 5.15. The number of rotatable bonds is 5. The van der Waals surface area contributed by atoms with Crippen LogP contribution in [0.3, 0.4) is 0 Å². The molecule has 1 N–H and O–H groups in total. The Morgan fingerprint density at radius 3 is 2.71 bits per heavy atom. The largest absolute Gasteiger partial charge is 0.491 e. The predicted octanol–water partition coefficient (Wildman–Crippen LogP) is 4.90. The Hall–Kier alpha value is -1.06. The minimum absolute atomic E-state index is 0.697. The zero-order chi connectivity index (χ0) is 14.5. The Labute approximate surface area is 135 Å². The van der Waals surface area contributed by atoms with Crippen LogP contribution < -0.4 is 10.1 Å². The van der Waals surface area contributed by atoms with Crippen molar-refractivity contribution in [2.45, 2.75) is 38.1 Å². The lowest BCUT2D eigenvalue weighted by molar-refractivity contribution is 0.288. The van der Waals surface area contributed by atoms with Crippen LogP contribution in [-0.2, 0) is 0 Å². The molecule has 0 unspecified atom stereocenters. The van der Waals surface area contributed by atoms with Gasteiger partial charge in [-0.3, -0.25) is 0 Å². The van der Waals surface area contributed by atoms with Gasteiger partial charge >= 0.3 is 0 Å². The molecule has 0 amide bonds. The first-order chi connectivity index (χ1) is 10.3. The van der Waals surface area contributed by atoms with E-state index in [1.807, 2.05) is 6.07 Å². The van der Waals surface area contributed by atoms with Gasteiger partial charge in [0.2, 0.25) is 0 Å².